The Kier molecular flexibility index (Phi) is 8.34. The number of ether oxygens (including phenoxy) is 1. The molecule has 11 nitrogen and oxygen atoms in total. The fourth-order valence-corrected chi connectivity index (χ4v) is 5.55. The molecule has 2 aliphatic heterocycles. The largest absolute Gasteiger partial charge is 0.433 e. The van der Waals surface area contributed by atoms with Crippen LogP contribution in [0.4, 0.5) is 35.2 Å². The Morgan fingerprint density at radius 2 is 1.56 bits per heavy atom. The van der Waals surface area contributed by atoms with Crippen molar-refractivity contribution in [1.29, 1.82) is 0 Å². The van der Waals surface area contributed by atoms with E-state index in [1.54, 1.807) is 48.5 Å². The van der Waals surface area contributed by atoms with Crippen molar-refractivity contribution in [3.05, 3.63) is 71.9 Å². The van der Waals surface area contributed by atoms with Crippen LogP contribution >= 0.6 is 0 Å². The normalized spacial score (nSPS) is 17.2. The van der Waals surface area contributed by atoms with Gasteiger partial charge in [0.1, 0.15) is 11.2 Å². The average Bonchev–Trinajstić information content (AvgIpc) is 3.70. The number of hydrogen-bond acceptors (Lipinski definition) is 7. The number of carbonyl (C=O) groups excluding carboxylic acids is 2. The first-order chi connectivity index (χ1) is 21.6. The van der Waals surface area contributed by atoms with E-state index in [9.17, 15) is 22.8 Å². The number of aromatic nitrogens is 3. The monoisotopic (exact) mass is 622 g/mol. The second-order valence-corrected chi connectivity index (χ2v) is 11.3. The van der Waals surface area contributed by atoms with Gasteiger partial charge in [-0.2, -0.15) is 13.2 Å². The van der Waals surface area contributed by atoms with E-state index in [-0.39, 0.29) is 17.2 Å². The number of rotatable bonds is 6. The van der Waals surface area contributed by atoms with Crippen LogP contribution in [0.5, 0.6) is 0 Å². The lowest BCUT2D eigenvalue weighted by atomic mass is 10.2. The lowest BCUT2D eigenvalue weighted by Gasteiger charge is -2.28. The Bertz CT molecular complexity index is 1680. The number of likely N-dealkylation sites (N-methyl/N-ethyl adjacent to an activating group) is 1. The summed E-state index contributed by atoms with van der Waals surface area (Å²) in [7, 11) is 4.02. The summed E-state index contributed by atoms with van der Waals surface area (Å²) in [6.45, 7) is 3.26. The summed E-state index contributed by atoms with van der Waals surface area (Å²) in [6.07, 6.45) is -3.66. The van der Waals surface area contributed by atoms with Gasteiger partial charge < -0.3 is 30.1 Å². The van der Waals surface area contributed by atoms with E-state index >= 15 is 0 Å². The summed E-state index contributed by atoms with van der Waals surface area (Å²) in [5.74, 6) is 0.468. The minimum atomic E-state index is -4.60. The lowest BCUT2D eigenvalue weighted by Crippen LogP contribution is -2.37. The highest BCUT2D eigenvalue weighted by molar-refractivity contribution is 6.00. The van der Waals surface area contributed by atoms with E-state index in [1.807, 2.05) is 23.9 Å². The van der Waals surface area contributed by atoms with Gasteiger partial charge in [-0.05, 0) is 81.2 Å². The van der Waals surface area contributed by atoms with Crippen LogP contribution < -0.4 is 15.5 Å². The molecule has 0 radical (unpaired) electrons. The van der Waals surface area contributed by atoms with E-state index in [1.165, 1.54) is 6.07 Å². The molecule has 4 aromatic rings. The topological polar surface area (TPSA) is 107 Å². The van der Waals surface area contributed by atoms with Crippen LogP contribution in [0.3, 0.4) is 0 Å². The summed E-state index contributed by atoms with van der Waals surface area (Å²) in [5.41, 5.74) is 1.37. The molecule has 1 atom stereocenters. The van der Waals surface area contributed by atoms with Crippen molar-refractivity contribution in [2.75, 3.05) is 69.0 Å². The molecule has 14 heteroatoms. The number of hydrogen-bond donors (Lipinski definition) is 2. The third-order valence-corrected chi connectivity index (χ3v) is 8.06. The standard InChI is InChI=1S/C31H33F3N8O3/c1-39(2)24-13-14-41(19-24)29(43)21-5-9-23(10-6-21)36-30(44)35-22-7-3-20(4-8-22)27-37-28(40-15-17-45-18-16-40)25-11-12-26(31(32,33)34)42(25)38-27/h3-12,24H,13-19H2,1-2H3,(H2,35,36,44)/t24-/m1/s1. The Hall–Kier alpha value is -4.69. The van der Waals surface area contributed by atoms with E-state index in [0.29, 0.717) is 73.8 Å². The average molecular weight is 623 g/mol. The highest BCUT2D eigenvalue weighted by Gasteiger charge is 2.36. The molecule has 45 heavy (non-hydrogen) atoms. The molecular formula is C31H33F3N8O3. The van der Waals surface area contributed by atoms with Gasteiger partial charge in [-0.1, -0.05) is 0 Å². The van der Waals surface area contributed by atoms with Crippen molar-refractivity contribution < 1.29 is 27.5 Å². The molecule has 0 spiro atoms. The second kappa shape index (κ2) is 12.4. The Morgan fingerprint density at radius 3 is 2.16 bits per heavy atom. The minimum Gasteiger partial charge on any atom is -0.378 e. The maximum absolute atomic E-state index is 13.8. The molecule has 2 saturated heterocycles. The zero-order valence-corrected chi connectivity index (χ0v) is 24.8. The van der Waals surface area contributed by atoms with E-state index < -0.39 is 17.9 Å². The van der Waals surface area contributed by atoms with Gasteiger partial charge in [-0.25, -0.2) is 14.3 Å². The van der Waals surface area contributed by atoms with Crippen molar-refractivity contribution in [1.82, 2.24) is 24.4 Å². The van der Waals surface area contributed by atoms with E-state index in [0.717, 1.165) is 17.0 Å². The van der Waals surface area contributed by atoms with Crippen molar-refractivity contribution in [3.8, 4) is 11.4 Å². The minimum absolute atomic E-state index is 0.0398. The fraction of sp³-hybridized carbons (Fsp3) is 0.355. The Labute approximate surface area is 257 Å². The molecule has 2 aliphatic rings. The van der Waals surface area contributed by atoms with Gasteiger partial charge in [0.2, 0.25) is 0 Å². The van der Waals surface area contributed by atoms with Gasteiger partial charge in [0.25, 0.3) is 5.91 Å². The van der Waals surface area contributed by atoms with Gasteiger partial charge in [-0.3, -0.25) is 4.79 Å². The molecule has 3 amide bonds. The molecule has 2 fully saturated rings. The molecular weight excluding hydrogens is 589 g/mol. The van der Waals surface area contributed by atoms with Crippen LogP contribution in [-0.2, 0) is 10.9 Å². The van der Waals surface area contributed by atoms with E-state index in [4.69, 9.17) is 4.74 Å². The number of morpholine rings is 1. The number of nitrogens with zero attached hydrogens (tertiary/aromatic N) is 6. The molecule has 2 aromatic heterocycles. The summed E-state index contributed by atoms with van der Waals surface area (Å²) in [4.78, 5) is 36.0. The van der Waals surface area contributed by atoms with E-state index in [2.05, 4.69) is 25.6 Å². The number of nitrogens with one attached hydrogen (secondary N) is 2. The van der Waals surface area contributed by atoms with Gasteiger partial charge >= 0.3 is 12.2 Å². The molecule has 6 rings (SSSR count). The van der Waals surface area contributed by atoms with Gasteiger partial charge in [0.05, 0.1) is 13.2 Å². The number of benzene rings is 2. The highest BCUT2D eigenvalue weighted by atomic mass is 19.4. The predicted molar refractivity (Wildman–Crippen MR) is 164 cm³/mol. The van der Waals surface area contributed by atoms with Crippen LogP contribution in [0, 0.1) is 0 Å². The van der Waals surface area contributed by atoms with Crippen LogP contribution in [0.2, 0.25) is 0 Å². The molecule has 0 unspecified atom stereocenters. The summed E-state index contributed by atoms with van der Waals surface area (Å²) < 4.78 is 47.6. The summed E-state index contributed by atoms with van der Waals surface area (Å²) >= 11 is 0. The predicted octanol–water partition coefficient (Wildman–Crippen LogP) is 4.67. The van der Waals surface area contributed by atoms with Crippen LogP contribution in [0.1, 0.15) is 22.5 Å². The highest BCUT2D eigenvalue weighted by Crippen LogP contribution is 2.34. The molecule has 4 heterocycles. The summed E-state index contributed by atoms with van der Waals surface area (Å²) in [5, 5.41) is 9.71. The zero-order chi connectivity index (χ0) is 31.7. The van der Waals surface area contributed by atoms with Crippen molar-refractivity contribution in [3.63, 3.8) is 0 Å². The van der Waals surface area contributed by atoms with Crippen molar-refractivity contribution >= 4 is 34.6 Å². The van der Waals surface area contributed by atoms with Crippen LogP contribution in [0.15, 0.2) is 60.7 Å². The number of halogens is 3. The molecule has 0 bridgehead atoms. The molecule has 2 aromatic carbocycles. The maximum atomic E-state index is 13.8. The Balaban J connectivity index is 1.13. The first kappa shape index (κ1) is 30.3. The van der Waals surface area contributed by atoms with Gasteiger partial charge in [0, 0.05) is 54.7 Å². The number of anilines is 3. The molecule has 0 aliphatic carbocycles. The maximum Gasteiger partial charge on any atom is 0.433 e. The first-order valence-electron chi connectivity index (χ1n) is 14.6. The third-order valence-electron chi connectivity index (χ3n) is 8.06. The third kappa shape index (κ3) is 6.56. The van der Waals surface area contributed by atoms with Crippen molar-refractivity contribution in [2.24, 2.45) is 0 Å². The quantitative estimate of drug-likeness (QED) is 0.322. The second-order valence-electron chi connectivity index (χ2n) is 11.3. The summed E-state index contributed by atoms with van der Waals surface area (Å²) in [6, 6.07) is 15.5. The number of likely N-dealkylation sites (tertiary alicyclic amines) is 1. The van der Waals surface area contributed by atoms with Crippen LogP contribution in [0.25, 0.3) is 16.9 Å². The number of carbonyl (C=O) groups is 2. The molecule has 2 N–H and O–H groups in total. The fourth-order valence-electron chi connectivity index (χ4n) is 5.55. The Morgan fingerprint density at radius 1 is 0.911 bits per heavy atom. The van der Waals surface area contributed by atoms with Gasteiger partial charge in [0.15, 0.2) is 11.6 Å². The SMILES string of the molecule is CN(C)[C@@H]1CCN(C(=O)c2ccc(NC(=O)Nc3ccc(-c4nc(N5CCOCC5)c5ccc(C(F)(F)F)n5n4)cc3)cc2)C1. The number of amides is 3. The zero-order valence-electron chi connectivity index (χ0n) is 24.8. The van der Waals surface area contributed by atoms with Crippen molar-refractivity contribution in [2.45, 2.75) is 18.6 Å². The smallest absolute Gasteiger partial charge is 0.378 e. The van der Waals surface area contributed by atoms with Crippen LogP contribution in [-0.4, -0.2) is 95.9 Å². The van der Waals surface area contributed by atoms with Gasteiger partial charge in [-0.15, -0.1) is 5.10 Å². The lowest BCUT2D eigenvalue weighted by molar-refractivity contribution is -0.142. The molecule has 236 valence electrons. The number of alkyl halides is 3. The number of fused-ring (bicyclic) bond motifs is 1. The molecule has 0 saturated carbocycles. The number of urea groups is 1. The first-order valence-corrected chi connectivity index (χ1v) is 14.6.